The van der Waals surface area contributed by atoms with Crippen LogP contribution in [0.1, 0.15) is 0 Å². The van der Waals surface area contributed by atoms with Gasteiger partial charge in [-0.2, -0.15) is 0 Å². The molecule has 0 N–H and O–H groups in total. The summed E-state index contributed by atoms with van der Waals surface area (Å²) in [4.78, 5) is 16.1. The average Bonchev–Trinajstić information content (AvgIpc) is 3.72. The zero-order valence-corrected chi connectivity index (χ0v) is 33.8. The highest BCUT2D eigenvalue weighted by atomic mass is 32.1. The molecular formula is C57H35N3S. The molecular weight excluding hydrogens is 759 g/mol. The molecule has 4 heteroatoms. The maximum absolute atomic E-state index is 5.39. The van der Waals surface area contributed by atoms with Crippen LogP contribution in [0.15, 0.2) is 212 Å². The van der Waals surface area contributed by atoms with Gasteiger partial charge in [0, 0.05) is 36.9 Å². The van der Waals surface area contributed by atoms with Crippen LogP contribution in [-0.2, 0) is 0 Å². The van der Waals surface area contributed by atoms with Crippen molar-refractivity contribution in [3.63, 3.8) is 0 Å². The summed E-state index contributed by atoms with van der Waals surface area (Å²) in [5.41, 5.74) is 9.98. The summed E-state index contributed by atoms with van der Waals surface area (Å²) >= 11 is 1.79. The van der Waals surface area contributed by atoms with E-state index in [9.17, 15) is 0 Å². The predicted molar refractivity (Wildman–Crippen MR) is 258 cm³/mol. The Balaban J connectivity index is 1.06. The minimum absolute atomic E-state index is 0.642. The van der Waals surface area contributed by atoms with Crippen molar-refractivity contribution in [2.75, 3.05) is 0 Å². The standard InChI is InChI=1S/C57H35N3S/c1-2-12-36(13-3-1)38-24-26-39(27-25-38)42-30-29-40-16-10-21-49(52(40)35-42)55-58-56(60-57(59-55)51-22-11-20-48-47-19-8-9-23-53(47)61-54(48)51)50-33-32-44(45-17-6-7-18-46(45)50)43-31-28-37-14-4-5-15-41(37)34-43/h1-35H. The van der Waals surface area contributed by atoms with E-state index in [0.717, 1.165) is 49.4 Å². The van der Waals surface area contributed by atoms with Gasteiger partial charge in [-0.05, 0) is 96.0 Å². The first-order valence-electron chi connectivity index (χ1n) is 20.6. The Morgan fingerprint density at radius 1 is 0.262 bits per heavy atom. The van der Waals surface area contributed by atoms with Gasteiger partial charge in [0.05, 0.1) is 0 Å². The third-order valence-corrected chi connectivity index (χ3v) is 13.2. The second-order valence-corrected chi connectivity index (χ2v) is 16.6. The first kappa shape index (κ1) is 35.2. The summed E-state index contributed by atoms with van der Waals surface area (Å²) in [6, 6.07) is 75.9. The zero-order valence-electron chi connectivity index (χ0n) is 33.0. The number of fused-ring (bicyclic) bond motifs is 6. The summed E-state index contributed by atoms with van der Waals surface area (Å²) in [6.45, 7) is 0. The van der Waals surface area contributed by atoms with Gasteiger partial charge in [0.1, 0.15) is 0 Å². The molecule has 3 nitrogen and oxygen atoms in total. The lowest BCUT2D eigenvalue weighted by Crippen LogP contribution is -2.01. The molecule has 12 aromatic rings. The Morgan fingerprint density at radius 3 is 1.57 bits per heavy atom. The van der Waals surface area contributed by atoms with E-state index in [-0.39, 0.29) is 0 Å². The molecule has 10 aromatic carbocycles. The van der Waals surface area contributed by atoms with Crippen molar-refractivity contribution < 1.29 is 0 Å². The molecule has 0 atom stereocenters. The topological polar surface area (TPSA) is 38.7 Å². The van der Waals surface area contributed by atoms with Crippen molar-refractivity contribution in [2.24, 2.45) is 0 Å². The van der Waals surface area contributed by atoms with E-state index in [1.54, 1.807) is 11.3 Å². The van der Waals surface area contributed by atoms with Gasteiger partial charge < -0.3 is 0 Å². The number of hydrogen-bond acceptors (Lipinski definition) is 4. The minimum Gasteiger partial charge on any atom is -0.208 e. The fraction of sp³-hybridized carbons (Fsp3) is 0. The first-order chi connectivity index (χ1) is 30.2. The first-order valence-corrected chi connectivity index (χ1v) is 21.4. The molecule has 0 aliphatic rings. The second-order valence-electron chi connectivity index (χ2n) is 15.5. The Morgan fingerprint density at radius 2 is 0.770 bits per heavy atom. The number of hydrogen-bond donors (Lipinski definition) is 0. The van der Waals surface area contributed by atoms with Gasteiger partial charge in [0.25, 0.3) is 0 Å². The van der Waals surface area contributed by atoms with Gasteiger partial charge in [-0.3, -0.25) is 0 Å². The molecule has 12 rings (SSSR count). The van der Waals surface area contributed by atoms with Crippen molar-refractivity contribution >= 4 is 63.8 Å². The molecule has 61 heavy (non-hydrogen) atoms. The highest BCUT2D eigenvalue weighted by Crippen LogP contribution is 2.42. The van der Waals surface area contributed by atoms with Gasteiger partial charge in [0.2, 0.25) is 0 Å². The molecule has 0 radical (unpaired) electrons. The van der Waals surface area contributed by atoms with E-state index in [1.165, 1.54) is 53.2 Å². The highest BCUT2D eigenvalue weighted by Gasteiger charge is 2.20. The van der Waals surface area contributed by atoms with Crippen LogP contribution in [0.25, 0.3) is 120 Å². The predicted octanol–water partition coefficient (Wildman–Crippen LogP) is 15.7. The molecule has 0 saturated carbocycles. The SMILES string of the molecule is c1ccc(-c2ccc(-c3ccc4cccc(-c5nc(-c6ccc(-c7ccc8ccccc8c7)c7ccccc67)nc(-c6cccc7c6sc6ccccc67)n5)c4c3)cc2)cc1. The Labute approximate surface area is 356 Å². The summed E-state index contributed by atoms with van der Waals surface area (Å²) in [5.74, 6) is 1.94. The molecule has 0 amide bonds. The molecule has 0 aliphatic heterocycles. The van der Waals surface area contributed by atoms with E-state index in [2.05, 4.69) is 212 Å². The average molecular weight is 794 g/mol. The summed E-state index contributed by atoms with van der Waals surface area (Å²) < 4.78 is 2.41. The van der Waals surface area contributed by atoms with Gasteiger partial charge in [-0.25, -0.2) is 15.0 Å². The smallest absolute Gasteiger partial charge is 0.165 e. The van der Waals surface area contributed by atoms with Crippen LogP contribution in [-0.4, -0.2) is 15.0 Å². The van der Waals surface area contributed by atoms with Gasteiger partial charge in [-0.15, -0.1) is 11.3 Å². The molecule has 0 aliphatic carbocycles. The molecule has 0 bridgehead atoms. The third kappa shape index (κ3) is 6.16. The number of benzene rings is 10. The van der Waals surface area contributed by atoms with E-state index < -0.39 is 0 Å². The Hall–Kier alpha value is -7.79. The minimum atomic E-state index is 0.642. The normalized spacial score (nSPS) is 11.6. The quantitative estimate of drug-likeness (QED) is 0.168. The van der Waals surface area contributed by atoms with Crippen LogP contribution in [0, 0.1) is 0 Å². The van der Waals surface area contributed by atoms with Crippen molar-refractivity contribution in [2.45, 2.75) is 0 Å². The van der Waals surface area contributed by atoms with E-state index in [1.807, 2.05) is 0 Å². The molecule has 284 valence electrons. The molecule has 0 spiro atoms. The van der Waals surface area contributed by atoms with E-state index >= 15 is 0 Å². The fourth-order valence-corrected chi connectivity index (χ4v) is 10.1. The van der Waals surface area contributed by atoms with E-state index in [0.29, 0.717) is 17.5 Å². The molecule has 0 saturated heterocycles. The van der Waals surface area contributed by atoms with E-state index in [4.69, 9.17) is 15.0 Å². The number of rotatable bonds is 6. The van der Waals surface area contributed by atoms with Crippen LogP contribution >= 0.6 is 11.3 Å². The fourth-order valence-electron chi connectivity index (χ4n) is 8.90. The molecule has 0 unspecified atom stereocenters. The van der Waals surface area contributed by atoms with Crippen LogP contribution in [0.4, 0.5) is 0 Å². The monoisotopic (exact) mass is 793 g/mol. The second kappa shape index (κ2) is 14.5. The Kier molecular flexibility index (Phi) is 8.36. The largest absolute Gasteiger partial charge is 0.208 e. The van der Waals surface area contributed by atoms with Crippen molar-refractivity contribution in [1.82, 2.24) is 15.0 Å². The molecule has 0 fully saturated rings. The lowest BCUT2D eigenvalue weighted by molar-refractivity contribution is 1.08. The zero-order chi connectivity index (χ0) is 40.3. The number of thiophene rings is 1. The lowest BCUT2D eigenvalue weighted by Gasteiger charge is -2.14. The van der Waals surface area contributed by atoms with Gasteiger partial charge >= 0.3 is 0 Å². The molecule has 2 heterocycles. The molecule has 2 aromatic heterocycles. The maximum Gasteiger partial charge on any atom is 0.165 e. The summed E-state index contributed by atoms with van der Waals surface area (Å²) in [6.07, 6.45) is 0. The van der Waals surface area contributed by atoms with Crippen molar-refractivity contribution in [1.29, 1.82) is 0 Å². The van der Waals surface area contributed by atoms with Crippen molar-refractivity contribution in [3.8, 4) is 67.5 Å². The van der Waals surface area contributed by atoms with Crippen LogP contribution in [0.2, 0.25) is 0 Å². The van der Waals surface area contributed by atoms with Crippen LogP contribution in [0.5, 0.6) is 0 Å². The third-order valence-electron chi connectivity index (χ3n) is 12.0. The number of nitrogens with zero attached hydrogens (tertiary/aromatic N) is 3. The highest BCUT2D eigenvalue weighted by molar-refractivity contribution is 7.26. The van der Waals surface area contributed by atoms with Crippen LogP contribution in [0.3, 0.4) is 0 Å². The van der Waals surface area contributed by atoms with Crippen LogP contribution < -0.4 is 0 Å². The maximum atomic E-state index is 5.39. The van der Waals surface area contributed by atoms with Gasteiger partial charge in [0.15, 0.2) is 17.5 Å². The van der Waals surface area contributed by atoms with Gasteiger partial charge in [-0.1, -0.05) is 182 Å². The summed E-state index contributed by atoms with van der Waals surface area (Å²) in [7, 11) is 0. The van der Waals surface area contributed by atoms with Crippen molar-refractivity contribution in [3.05, 3.63) is 212 Å². The lowest BCUT2D eigenvalue weighted by atomic mass is 9.93. The summed E-state index contributed by atoms with van der Waals surface area (Å²) in [5, 5.41) is 9.36. The number of aromatic nitrogens is 3. The Bertz CT molecular complexity index is 3650.